The van der Waals surface area contributed by atoms with Gasteiger partial charge in [-0.3, -0.25) is 0 Å². The van der Waals surface area contributed by atoms with Crippen molar-refractivity contribution >= 4 is 0 Å². The lowest BCUT2D eigenvalue weighted by Crippen LogP contribution is -2.30. The first-order valence-electron chi connectivity index (χ1n) is 3.41. The molecule has 2 rings (SSSR count). The van der Waals surface area contributed by atoms with Gasteiger partial charge in [-0.1, -0.05) is 0 Å². The highest BCUT2D eigenvalue weighted by atomic mass is 15.1. The highest BCUT2D eigenvalue weighted by Crippen LogP contribution is 2.08. The van der Waals surface area contributed by atoms with Crippen LogP contribution in [0.3, 0.4) is 0 Å². The van der Waals surface area contributed by atoms with E-state index in [0.717, 1.165) is 0 Å². The van der Waals surface area contributed by atoms with Crippen LogP contribution in [0.1, 0.15) is 12.2 Å². The van der Waals surface area contributed by atoms with Crippen LogP contribution in [0.25, 0.3) is 0 Å². The molecule has 0 atom stereocenters. The number of imidazole rings is 1. The Morgan fingerprint density at radius 2 is 2.56 bits per heavy atom. The Balaban J connectivity index is 2.56. The highest BCUT2D eigenvalue weighted by Gasteiger charge is 2.19. The maximum Gasteiger partial charge on any atom is 0.256 e. The molecule has 0 saturated carbocycles. The molecule has 0 amide bonds. The van der Waals surface area contributed by atoms with Crippen LogP contribution < -0.4 is 4.57 Å². The lowest BCUT2D eigenvalue weighted by atomic mass is 10.4. The molecule has 0 bridgehead atoms. The molecule has 9 heavy (non-hydrogen) atoms. The molecule has 2 heteroatoms. The normalized spacial score (nSPS) is 16.1. The van der Waals surface area contributed by atoms with Crippen molar-refractivity contribution in [2.45, 2.75) is 19.4 Å². The average molecular weight is 123 g/mol. The summed E-state index contributed by atoms with van der Waals surface area (Å²) in [5.41, 5.74) is 0. The van der Waals surface area contributed by atoms with Crippen molar-refractivity contribution in [3.63, 3.8) is 0 Å². The first-order valence-corrected chi connectivity index (χ1v) is 3.41. The Kier molecular flexibility index (Phi) is 0.891. The molecule has 1 aromatic heterocycles. The van der Waals surface area contributed by atoms with Gasteiger partial charge in [0.2, 0.25) is 0 Å². The van der Waals surface area contributed by atoms with Gasteiger partial charge in [0.1, 0.15) is 12.4 Å². The molecule has 0 aliphatic carbocycles. The van der Waals surface area contributed by atoms with Crippen molar-refractivity contribution in [1.82, 2.24) is 4.57 Å². The predicted molar refractivity (Wildman–Crippen MR) is 33.9 cm³/mol. The molecule has 0 aromatic carbocycles. The summed E-state index contributed by atoms with van der Waals surface area (Å²) in [4.78, 5) is 0. The third kappa shape index (κ3) is 0.590. The molecule has 0 N–H and O–H groups in total. The summed E-state index contributed by atoms with van der Waals surface area (Å²) in [5, 5.41) is 0. The highest BCUT2D eigenvalue weighted by molar-refractivity contribution is 4.88. The van der Waals surface area contributed by atoms with Crippen molar-refractivity contribution in [1.29, 1.82) is 0 Å². The molecule has 2 nitrogen and oxygen atoms in total. The van der Waals surface area contributed by atoms with Crippen molar-refractivity contribution in [2.24, 2.45) is 7.05 Å². The first-order chi connectivity index (χ1) is 4.38. The van der Waals surface area contributed by atoms with Gasteiger partial charge in [-0.05, 0) is 6.42 Å². The fraction of sp³-hybridized carbons (Fsp3) is 0.571. The van der Waals surface area contributed by atoms with Crippen LogP contribution in [0.2, 0.25) is 0 Å². The Bertz CT molecular complexity index is 225. The maximum absolute atomic E-state index is 2.32. The third-order valence-corrected chi connectivity index (χ3v) is 2.01. The smallest absolute Gasteiger partial charge is 0.237 e. The zero-order valence-corrected chi connectivity index (χ0v) is 5.67. The number of fused-ring (bicyclic) bond motifs is 1. The largest absolute Gasteiger partial charge is 0.256 e. The molecule has 1 aromatic rings. The van der Waals surface area contributed by atoms with Gasteiger partial charge in [0.15, 0.2) is 0 Å². The second-order valence-corrected chi connectivity index (χ2v) is 2.62. The number of hydrogen-bond donors (Lipinski definition) is 0. The van der Waals surface area contributed by atoms with Crippen molar-refractivity contribution < 1.29 is 4.57 Å². The van der Waals surface area contributed by atoms with Crippen molar-refractivity contribution in [3.8, 4) is 0 Å². The van der Waals surface area contributed by atoms with Gasteiger partial charge in [0.25, 0.3) is 5.82 Å². The van der Waals surface area contributed by atoms with Crippen LogP contribution in [0.15, 0.2) is 12.4 Å². The van der Waals surface area contributed by atoms with E-state index in [-0.39, 0.29) is 0 Å². The van der Waals surface area contributed by atoms with Crippen molar-refractivity contribution in [3.05, 3.63) is 18.2 Å². The minimum atomic E-state index is 1.22. The molecule has 48 valence electrons. The van der Waals surface area contributed by atoms with E-state index in [0.29, 0.717) is 0 Å². The van der Waals surface area contributed by atoms with E-state index in [1.54, 1.807) is 0 Å². The molecule has 0 radical (unpaired) electrons. The number of hydrogen-bond acceptors (Lipinski definition) is 0. The van der Waals surface area contributed by atoms with Crippen LogP contribution in [0, 0.1) is 0 Å². The lowest BCUT2D eigenvalue weighted by molar-refractivity contribution is -0.678. The Labute approximate surface area is 54.7 Å². The SMILES string of the molecule is C[n+]1ccn2c1CCC2. The fourth-order valence-electron chi connectivity index (χ4n) is 1.49. The Morgan fingerprint density at radius 3 is 3.33 bits per heavy atom. The molecule has 0 saturated heterocycles. The summed E-state index contributed by atoms with van der Waals surface area (Å²) in [6.07, 6.45) is 6.85. The Morgan fingerprint density at radius 1 is 1.67 bits per heavy atom. The summed E-state index contributed by atoms with van der Waals surface area (Å²) in [7, 11) is 2.11. The summed E-state index contributed by atoms with van der Waals surface area (Å²) < 4.78 is 4.52. The topological polar surface area (TPSA) is 8.81 Å². The number of nitrogens with zero attached hydrogens (tertiary/aromatic N) is 2. The standard InChI is InChI=1S/C7H11N2/c1-8-5-6-9-4-2-3-7(8)9/h5-6H,2-4H2,1H3/q+1. The summed E-state index contributed by atoms with van der Waals surface area (Å²) in [6.45, 7) is 1.22. The maximum atomic E-state index is 2.32. The molecular formula is C7H11N2+. The summed E-state index contributed by atoms with van der Waals surface area (Å²) >= 11 is 0. The van der Waals surface area contributed by atoms with Gasteiger partial charge in [-0.25, -0.2) is 9.13 Å². The van der Waals surface area contributed by atoms with E-state index in [1.807, 2.05) is 0 Å². The van der Waals surface area contributed by atoms with Crippen LogP contribution in [0.4, 0.5) is 0 Å². The van der Waals surface area contributed by atoms with Gasteiger partial charge in [0, 0.05) is 0 Å². The quantitative estimate of drug-likeness (QED) is 0.437. The van der Waals surface area contributed by atoms with Gasteiger partial charge in [-0.2, -0.15) is 0 Å². The lowest BCUT2D eigenvalue weighted by Gasteiger charge is -1.84. The monoisotopic (exact) mass is 123 g/mol. The zero-order valence-electron chi connectivity index (χ0n) is 5.67. The number of aromatic nitrogens is 2. The van der Waals surface area contributed by atoms with E-state index < -0.39 is 0 Å². The van der Waals surface area contributed by atoms with Gasteiger partial charge < -0.3 is 0 Å². The van der Waals surface area contributed by atoms with E-state index >= 15 is 0 Å². The second kappa shape index (κ2) is 1.59. The molecule has 0 fully saturated rings. The zero-order chi connectivity index (χ0) is 6.27. The van der Waals surface area contributed by atoms with Crippen LogP contribution in [-0.4, -0.2) is 4.57 Å². The minimum absolute atomic E-state index is 1.22. The Hall–Kier alpha value is -0.790. The number of rotatable bonds is 0. The molecule has 2 heterocycles. The van der Waals surface area contributed by atoms with Crippen LogP contribution in [-0.2, 0) is 20.0 Å². The third-order valence-electron chi connectivity index (χ3n) is 2.01. The van der Waals surface area contributed by atoms with E-state index in [4.69, 9.17) is 0 Å². The predicted octanol–water partition coefficient (Wildman–Crippen LogP) is 0.259. The van der Waals surface area contributed by atoms with Crippen molar-refractivity contribution in [2.75, 3.05) is 0 Å². The molecule has 1 aliphatic rings. The summed E-state index contributed by atoms with van der Waals surface area (Å²) in [6, 6.07) is 0. The van der Waals surface area contributed by atoms with E-state index in [2.05, 4.69) is 28.6 Å². The molecule has 0 unspecified atom stereocenters. The van der Waals surface area contributed by atoms with E-state index in [9.17, 15) is 0 Å². The first kappa shape index (κ1) is 5.03. The van der Waals surface area contributed by atoms with Crippen LogP contribution >= 0.6 is 0 Å². The fourth-order valence-corrected chi connectivity index (χ4v) is 1.49. The minimum Gasteiger partial charge on any atom is -0.237 e. The number of aryl methyl sites for hydroxylation is 2. The van der Waals surface area contributed by atoms with E-state index in [1.165, 1.54) is 25.2 Å². The molecular weight excluding hydrogens is 112 g/mol. The van der Waals surface area contributed by atoms with Crippen LogP contribution in [0.5, 0.6) is 0 Å². The summed E-state index contributed by atoms with van der Waals surface area (Å²) in [5.74, 6) is 1.47. The molecule has 0 spiro atoms. The molecule has 1 aliphatic heterocycles. The second-order valence-electron chi connectivity index (χ2n) is 2.62. The van der Waals surface area contributed by atoms with Gasteiger partial charge in [-0.15, -0.1) is 0 Å². The van der Waals surface area contributed by atoms with Gasteiger partial charge in [0.05, 0.1) is 20.0 Å². The van der Waals surface area contributed by atoms with Gasteiger partial charge >= 0.3 is 0 Å². The average Bonchev–Trinajstić information content (AvgIpc) is 2.35.